The number of nitriles is 1. The van der Waals surface area contributed by atoms with Crippen LogP contribution in [-0.2, 0) is 6.54 Å². The van der Waals surface area contributed by atoms with Crippen molar-refractivity contribution in [3.05, 3.63) is 16.9 Å². The Bertz CT molecular complexity index is 322. The van der Waals surface area contributed by atoms with Crippen molar-refractivity contribution >= 4 is 17.3 Å². The summed E-state index contributed by atoms with van der Waals surface area (Å²) in [5.74, 6) is 0. The first-order chi connectivity index (χ1) is 5.70. The van der Waals surface area contributed by atoms with Gasteiger partial charge in [0.1, 0.15) is 16.9 Å². The van der Waals surface area contributed by atoms with Crippen molar-refractivity contribution in [2.75, 3.05) is 5.73 Å². The molecule has 0 spiro atoms. The molecular formula is C8H10ClN3. The quantitative estimate of drug-likeness (QED) is 0.763. The molecule has 3 nitrogen and oxygen atoms in total. The lowest BCUT2D eigenvalue weighted by Gasteiger charge is -2.02. The fourth-order valence-electron chi connectivity index (χ4n) is 1.08. The van der Waals surface area contributed by atoms with Crippen LogP contribution in [0.5, 0.6) is 0 Å². The monoisotopic (exact) mass is 183 g/mol. The van der Waals surface area contributed by atoms with E-state index in [2.05, 4.69) is 0 Å². The Labute approximate surface area is 76.3 Å². The summed E-state index contributed by atoms with van der Waals surface area (Å²) in [4.78, 5) is 0. The summed E-state index contributed by atoms with van der Waals surface area (Å²) in [6.07, 6.45) is 0.933. The molecule has 0 bridgehead atoms. The summed E-state index contributed by atoms with van der Waals surface area (Å²) < 4.78 is 1.72. The number of aromatic nitrogens is 1. The Kier molecular flexibility index (Phi) is 2.61. The molecule has 1 aromatic heterocycles. The van der Waals surface area contributed by atoms with Crippen molar-refractivity contribution in [3.63, 3.8) is 0 Å². The fourth-order valence-corrected chi connectivity index (χ4v) is 1.31. The molecule has 0 aromatic carbocycles. The van der Waals surface area contributed by atoms with Crippen LogP contribution in [0.25, 0.3) is 0 Å². The van der Waals surface area contributed by atoms with E-state index in [-0.39, 0.29) is 0 Å². The maximum atomic E-state index is 8.70. The minimum absolute atomic E-state index is 0.466. The molecule has 64 valence electrons. The predicted molar refractivity (Wildman–Crippen MR) is 48.9 cm³/mol. The lowest BCUT2D eigenvalue weighted by atomic mass is 10.4. The van der Waals surface area contributed by atoms with Gasteiger partial charge in [-0.15, -0.1) is 0 Å². The zero-order valence-corrected chi connectivity index (χ0v) is 7.60. The summed E-state index contributed by atoms with van der Waals surface area (Å²) >= 11 is 5.86. The molecule has 1 heterocycles. The van der Waals surface area contributed by atoms with E-state index in [1.165, 1.54) is 0 Å². The third-order valence-corrected chi connectivity index (χ3v) is 2.04. The normalized spacial score (nSPS) is 9.75. The van der Waals surface area contributed by atoms with Gasteiger partial charge in [0, 0.05) is 6.54 Å². The lowest BCUT2D eigenvalue weighted by Crippen LogP contribution is -1.99. The first-order valence-corrected chi connectivity index (χ1v) is 4.13. The number of nitrogens with zero attached hydrogens (tertiary/aromatic N) is 2. The van der Waals surface area contributed by atoms with Crippen molar-refractivity contribution < 1.29 is 0 Å². The fraction of sp³-hybridized carbons (Fsp3) is 0.375. The van der Waals surface area contributed by atoms with Crippen LogP contribution in [0.2, 0.25) is 5.15 Å². The van der Waals surface area contributed by atoms with E-state index in [0.29, 0.717) is 16.5 Å². The second-order valence-electron chi connectivity index (χ2n) is 2.54. The van der Waals surface area contributed by atoms with Gasteiger partial charge in [-0.1, -0.05) is 18.5 Å². The van der Waals surface area contributed by atoms with Crippen LogP contribution in [0.4, 0.5) is 5.69 Å². The van der Waals surface area contributed by atoms with Gasteiger partial charge in [-0.25, -0.2) is 0 Å². The number of nitrogen functional groups attached to an aromatic ring is 1. The Balaban J connectivity index is 3.14. The van der Waals surface area contributed by atoms with Crippen LogP contribution in [0, 0.1) is 11.3 Å². The Morgan fingerprint density at radius 2 is 2.42 bits per heavy atom. The maximum Gasteiger partial charge on any atom is 0.133 e. The average molecular weight is 184 g/mol. The molecule has 1 aromatic rings. The van der Waals surface area contributed by atoms with Crippen molar-refractivity contribution in [3.8, 4) is 6.07 Å². The van der Waals surface area contributed by atoms with Gasteiger partial charge in [-0.05, 0) is 12.5 Å². The summed E-state index contributed by atoms with van der Waals surface area (Å²) in [7, 11) is 0. The predicted octanol–water partition coefficient (Wildman–Crippen LogP) is 2.01. The minimum Gasteiger partial charge on any atom is -0.396 e. The van der Waals surface area contributed by atoms with Crippen molar-refractivity contribution in [2.45, 2.75) is 19.9 Å². The van der Waals surface area contributed by atoms with Crippen LogP contribution < -0.4 is 5.73 Å². The molecule has 12 heavy (non-hydrogen) atoms. The molecule has 0 amide bonds. The molecule has 0 saturated carbocycles. The highest BCUT2D eigenvalue weighted by molar-refractivity contribution is 6.32. The SMILES string of the molecule is CCCn1c(C#N)cc(N)c1Cl. The average Bonchev–Trinajstić information content (AvgIpc) is 2.33. The van der Waals surface area contributed by atoms with E-state index in [1.54, 1.807) is 10.6 Å². The molecule has 0 fully saturated rings. The molecule has 4 heteroatoms. The highest BCUT2D eigenvalue weighted by Crippen LogP contribution is 2.23. The third-order valence-electron chi connectivity index (χ3n) is 1.62. The first kappa shape index (κ1) is 8.95. The number of hydrogen-bond acceptors (Lipinski definition) is 2. The van der Waals surface area contributed by atoms with Crippen molar-refractivity contribution in [1.82, 2.24) is 4.57 Å². The zero-order valence-electron chi connectivity index (χ0n) is 6.84. The molecule has 0 aliphatic rings. The molecule has 0 aliphatic carbocycles. The highest BCUT2D eigenvalue weighted by Gasteiger charge is 2.09. The van der Waals surface area contributed by atoms with Gasteiger partial charge in [0.2, 0.25) is 0 Å². The Hall–Kier alpha value is -1.14. The number of nitrogens with two attached hydrogens (primary N) is 1. The standard InChI is InChI=1S/C8H10ClN3/c1-2-3-12-6(5-10)4-7(11)8(12)9/h4H,2-3,11H2,1H3. The van der Waals surface area contributed by atoms with E-state index in [4.69, 9.17) is 22.6 Å². The van der Waals surface area contributed by atoms with Gasteiger partial charge in [0.15, 0.2) is 0 Å². The lowest BCUT2D eigenvalue weighted by molar-refractivity contribution is 0.677. The summed E-state index contributed by atoms with van der Waals surface area (Å²) in [5.41, 5.74) is 6.54. The smallest absolute Gasteiger partial charge is 0.133 e. The molecule has 2 N–H and O–H groups in total. The van der Waals surface area contributed by atoms with E-state index in [1.807, 2.05) is 13.0 Å². The number of rotatable bonds is 2. The van der Waals surface area contributed by atoms with E-state index < -0.39 is 0 Å². The number of halogens is 1. The summed E-state index contributed by atoms with van der Waals surface area (Å²) in [5, 5.41) is 9.16. The van der Waals surface area contributed by atoms with Crippen molar-refractivity contribution in [1.29, 1.82) is 5.26 Å². The third kappa shape index (κ3) is 1.39. The van der Waals surface area contributed by atoms with Gasteiger partial charge in [0.25, 0.3) is 0 Å². The second-order valence-corrected chi connectivity index (χ2v) is 2.90. The van der Waals surface area contributed by atoms with Gasteiger partial charge in [-0.3, -0.25) is 0 Å². The minimum atomic E-state index is 0.466. The van der Waals surface area contributed by atoms with E-state index in [0.717, 1.165) is 13.0 Å². The van der Waals surface area contributed by atoms with Crippen LogP contribution in [0.1, 0.15) is 19.0 Å². The Morgan fingerprint density at radius 1 is 1.75 bits per heavy atom. The topological polar surface area (TPSA) is 54.7 Å². The van der Waals surface area contributed by atoms with E-state index >= 15 is 0 Å². The molecule has 0 atom stereocenters. The molecule has 0 saturated heterocycles. The van der Waals surface area contributed by atoms with Crippen LogP contribution in [-0.4, -0.2) is 4.57 Å². The van der Waals surface area contributed by atoms with Gasteiger partial charge < -0.3 is 10.3 Å². The van der Waals surface area contributed by atoms with Crippen LogP contribution in [0.3, 0.4) is 0 Å². The number of hydrogen-bond donors (Lipinski definition) is 1. The van der Waals surface area contributed by atoms with Crippen molar-refractivity contribution in [2.24, 2.45) is 0 Å². The highest BCUT2D eigenvalue weighted by atomic mass is 35.5. The molecule has 0 unspecified atom stereocenters. The zero-order chi connectivity index (χ0) is 9.14. The molecule has 1 rings (SSSR count). The Morgan fingerprint density at radius 3 is 2.92 bits per heavy atom. The van der Waals surface area contributed by atoms with Gasteiger partial charge in [-0.2, -0.15) is 5.26 Å². The molecular weight excluding hydrogens is 174 g/mol. The summed E-state index contributed by atoms with van der Waals surface area (Å²) in [6.45, 7) is 2.76. The maximum absolute atomic E-state index is 8.70. The van der Waals surface area contributed by atoms with Crippen LogP contribution in [0.15, 0.2) is 6.07 Å². The van der Waals surface area contributed by atoms with Gasteiger partial charge >= 0.3 is 0 Å². The van der Waals surface area contributed by atoms with E-state index in [9.17, 15) is 0 Å². The number of anilines is 1. The molecule has 0 aliphatic heterocycles. The first-order valence-electron chi connectivity index (χ1n) is 3.75. The molecule has 0 radical (unpaired) electrons. The largest absolute Gasteiger partial charge is 0.396 e. The second kappa shape index (κ2) is 3.51. The van der Waals surface area contributed by atoms with Crippen LogP contribution >= 0.6 is 11.6 Å². The summed E-state index contributed by atoms with van der Waals surface area (Å²) in [6, 6.07) is 3.64. The van der Waals surface area contributed by atoms with Gasteiger partial charge in [0.05, 0.1) is 5.69 Å².